The highest BCUT2D eigenvalue weighted by atomic mass is 32.2. The zero-order valence-corrected chi connectivity index (χ0v) is 13.3. The molecule has 0 atom stereocenters. The van der Waals surface area contributed by atoms with Crippen molar-refractivity contribution in [3.05, 3.63) is 54.4 Å². The molecule has 2 aromatic carbocycles. The van der Waals surface area contributed by atoms with Crippen LogP contribution in [0.3, 0.4) is 0 Å². The molecular weight excluding hydrogens is 316 g/mol. The lowest BCUT2D eigenvalue weighted by molar-refractivity contribution is 0.340. The highest BCUT2D eigenvalue weighted by molar-refractivity contribution is 7.89. The zero-order chi connectivity index (χ0) is 16.3. The molecule has 0 radical (unpaired) electrons. The van der Waals surface area contributed by atoms with Crippen molar-refractivity contribution in [3.63, 3.8) is 0 Å². The molecule has 0 saturated heterocycles. The van der Waals surface area contributed by atoms with Gasteiger partial charge in [0, 0.05) is 6.54 Å². The smallest absolute Gasteiger partial charge is 0.240 e. The summed E-state index contributed by atoms with van der Waals surface area (Å²) in [4.78, 5) is 4.22. The van der Waals surface area contributed by atoms with Crippen LogP contribution in [0.4, 0.5) is 0 Å². The van der Waals surface area contributed by atoms with Crippen LogP contribution in [-0.2, 0) is 16.6 Å². The summed E-state index contributed by atoms with van der Waals surface area (Å²) in [5, 5.41) is 0. The molecular formula is C16H16N2O4S. The van der Waals surface area contributed by atoms with E-state index in [0.717, 1.165) is 11.1 Å². The number of nitrogens with one attached hydrogen (secondary N) is 1. The molecule has 1 aromatic heterocycles. The van der Waals surface area contributed by atoms with Crippen LogP contribution in [0.15, 0.2) is 58.2 Å². The van der Waals surface area contributed by atoms with Crippen LogP contribution in [0.25, 0.3) is 11.1 Å². The van der Waals surface area contributed by atoms with Gasteiger partial charge >= 0.3 is 0 Å². The van der Waals surface area contributed by atoms with Crippen molar-refractivity contribution in [1.29, 1.82) is 0 Å². The molecule has 3 rings (SSSR count). The number of hydrogen-bond donors (Lipinski definition) is 1. The highest BCUT2D eigenvalue weighted by Gasteiger charge is 2.14. The van der Waals surface area contributed by atoms with Gasteiger partial charge in [0.2, 0.25) is 10.0 Å². The first-order valence-corrected chi connectivity index (χ1v) is 8.61. The lowest BCUT2D eigenvalue weighted by Crippen LogP contribution is -2.23. The van der Waals surface area contributed by atoms with E-state index in [1.54, 1.807) is 24.3 Å². The molecule has 1 heterocycles. The average Bonchev–Trinajstić information content (AvgIpc) is 3.01. The summed E-state index contributed by atoms with van der Waals surface area (Å²) in [7, 11) is -3.58. The quantitative estimate of drug-likeness (QED) is 0.750. The van der Waals surface area contributed by atoms with E-state index in [1.165, 1.54) is 18.5 Å². The Bertz CT molecular complexity index is 901. The lowest BCUT2D eigenvalue weighted by Gasteiger charge is -2.08. The molecule has 6 nitrogen and oxygen atoms in total. The second-order valence-corrected chi connectivity index (χ2v) is 6.65. The fourth-order valence-corrected chi connectivity index (χ4v) is 3.17. The van der Waals surface area contributed by atoms with Gasteiger partial charge in [-0.25, -0.2) is 18.1 Å². The molecule has 3 aromatic rings. The maximum absolute atomic E-state index is 12.3. The van der Waals surface area contributed by atoms with Gasteiger partial charge in [0.1, 0.15) is 11.3 Å². The van der Waals surface area contributed by atoms with Crippen LogP contribution in [0, 0.1) is 0 Å². The fraction of sp³-hybridized carbons (Fsp3) is 0.188. The molecule has 0 aliphatic rings. The number of hydrogen-bond acceptors (Lipinski definition) is 5. The van der Waals surface area contributed by atoms with Crippen molar-refractivity contribution < 1.29 is 17.6 Å². The first kappa shape index (κ1) is 15.5. The van der Waals surface area contributed by atoms with E-state index >= 15 is 0 Å². The molecule has 0 saturated carbocycles. The third-order valence-corrected chi connectivity index (χ3v) is 4.72. The van der Waals surface area contributed by atoms with E-state index in [-0.39, 0.29) is 11.4 Å². The molecule has 23 heavy (non-hydrogen) atoms. The lowest BCUT2D eigenvalue weighted by atomic mass is 10.2. The molecule has 120 valence electrons. The summed E-state index contributed by atoms with van der Waals surface area (Å²) >= 11 is 0. The van der Waals surface area contributed by atoms with Crippen molar-refractivity contribution >= 4 is 21.1 Å². The van der Waals surface area contributed by atoms with Gasteiger partial charge < -0.3 is 9.15 Å². The van der Waals surface area contributed by atoms with Crippen LogP contribution >= 0.6 is 0 Å². The van der Waals surface area contributed by atoms with Crippen molar-refractivity contribution in [2.45, 2.75) is 18.4 Å². The predicted octanol–water partition coefficient (Wildman–Crippen LogP) is 2.71. The van der Waals surface area contributed by atoms with Gasteiger partial charge in [-0.1, -0.05) is 6.07 Å². The summed E-state index contributed by atoms with van der Waals surface area (Å²) in [5.41, 5.74) is 2.16. The van der Waals surface area contributed by atoms with E-state index in [4.69, 9.17) is 9.15 Å². The van der Waals surface area contributed by atoms with Crippen LogP contribution in [-0.4, -0.2) is 20.0 Å². The van der Waals surface area contributed by atoms with Crippen molar-refractivity contribution in [2.75, 3.05) is 6.61 Å². The molecule has 0 aliphatic carbocycles. The maximum Gasteiger partial charge on any atom is 0.240 e. The van der Waals surface area contributed by atoms with E-state index in [0.29, 0.717) is 17.9 Å². The van der Waals surface area contributed by atoms with E-state index in [1.807, 2.05) is 13.0 Å². The summed E-state index contributed by atoms with van der Waals surface area (Å²) in [6, 6.07) is 11.7. The van der Waals surface area contributed by atoms with Gasteiger partial charge in [0.25, 0.3) is 0 Å². The number of ether oxygens (including phenoxy) is 1. The third kappa shape index (κ3) is 3.52. The Morgan fingerprint density at radius 1 is 1.17 bits per heavy atom. The normalized spacial score (nSPS) is 11.7. The number of rotatable bonds is 6. The fourth-order valence-electron chi connectivity index (χ4n) is 2.15. The van der Waals surface area contributed by atoms with Gasteiger partial charge in [0.05, 0.1) is 11.5 Å². The number of aromatic nitrogens is 1. The van der Waals surface area contributed by atoms with Gasteiger partial charge in [-0.3, -0.25) is 0 Å². The maximum atomic E-state index is 12.3. The summed E-state index contributed by atoms with van der Waals surface area (Å²) in [6.45, 7) is 2.58. The molecule has 0 spiro atoms. The molecule has 0 unspecified atom stereocenters. The Morgan fingerprint density at radius 2 is 1.96 bits per heavy atom. The third-order valence-electron chi connectivity index (χ3n) is 3.31. The van der Waals surface area contributed by atoms with E-state index in [2.05, 4.69) is 9.71 Å². The number of fused-ring (bicyclic) bond motifs is 1. The van der Waals surface area contributed by atoms with Crippen molar-refractivity contribution in [1.82, 2.24) is 9.71 Å². The highest BCUT2D eigenvalue weighted by Crippen LogP contribution is 2.17. The number of nitrogens with zero attached hydrogens (tertiary/aromatic N) is 1. The van der Waals surface area contributed by atoms with Gasteiger partial charge in [-0.15, -0.1) is 0 Å². The minimum Gasteiger partial charge on any atom is -0.494 e. The van der Waals surface area contributed by atoms with Crippen molar-refractivity contribution in [2.24, 2.45) is 0 Å². The SMILES string of the molecule is CCOc1ccc(S(=O)(=O)NCc2ccc3ncoc3c2)cc1. The van der Waals surface area contributed by atoms with Gasteiger partial charge in [0.15, 0.2) is 12.0 Å². The molecule has 0 fully saturated rings. The van der Waals surface area contributed by atoms with Crippen LogP contribution in [0.2, 0.25) is 0 Å². The van der Waals surface area contributed by atoms with Gasteiger partial charge in [-0.2, -0.15) is 0 Å². The van der Waals surface area contributed by atoms with E-state index < -0.39 is 10.0 Å². The zero-order valence-electron chi connectivity index (χ0n) is 12.5. The standard InChI is InChI=1S/C16H16N2O4S/c1-2-21-13-4-6-14(7-5-13)23(19,20)18-10-12-3-8-15-16(9-12)22-11-17-15/h3-9,11,18H,2,10H2,1H3. The van der Waals surface area contributed by atoms with Crippen molar-refractivity contribution in [3.8, 4) is 5.75 Å². The predicted molar refractivity (Wildman–Crippen MR) is 85.6 cm³/mol. The Hall–Kier alpha value is -2.38. The Balaban J connectivity index is 1.72. The Kier molecular flexibility index (Phi) is 4.31. The molecule has 0 bridgehead atoms. The van der Waals surface area contributed by atoms with Crippen LogP contribution < -0.4 is 9.46 Å². The number of sulfonamides is 1. The average molecular weight is 332 g/mol. The summed E-state index contributed by atoms with van der Waals surface area (Å²) < 4.78 is 37.7. The first-order chi connectivity index (χ1) is 11.1. The van der Waals surface area contributed by atoms with Gasteiger partial charge in [-0.05, 0) is 48.9 Å². The Morgan fingerprint density at radius 3 is 2.70 bits per heavy atom. The molecule has 1 N–H and O–H groups in total. The minimum atomic E-state index is -3.58. The molecule has 0 aliphatic heterocycles. The second kappa shape index (κ2) is 6.39. The second-order valence-electron chi connectivity index (χ2n) is 4.88. The van der Waals surface area contributed by atoms with E-state index in [9.17, 15) is 8.42 Å². The summed E-state index contributed by atoms with van der Waals surface area (Å²) in [6.07, 6.45) is 1.36. The minimum absolute atomic E-state index is 0.173. The number of benzene rings is 2. The largest absolute Gasteiger partial charge is 0.494 e. The monoisotopic (exact) mass is 332 g/mol. The Labute approximate surface area is 134 Å². The molecule has 7 heteroatoms. The number of oxazole rings is 1. The summed E-state index contributed by atoms with van der Waals surface area (Å²) in [5.74, 6) is 0.641. The first-order valence-electron chi connectivity index (χ1n) is 7.13. The van der Waals surface area contributed by atoms with Crippen LogP contribution in [0.1, 0.15) is 12.5 Å². The van der Waals surface area contributed by atoms with Crippen LogP contribution in [0.5, 0.6) is 5.75 Å². The molecule has 0 amide bonds. The topological polar surface area (TPSA) is 81.4 Å².